The topological polar surface area (TPSA) is 56.3 Å². The molecule has 0 fully saturated rings. The van der Waals surface area contributed by atoms with Gasteiger partial charge in [-0.25, -0.2) is 9.18 Å². The Morgan fingerprint density at radius 2 is 2.37 bits per heavy atom. The summed E-state index contributed by atoms with van der Waals surface area (Å²) in [6, 6.07) is 4.41. The third kappa shape index (κ3) is 1.77. The lowest BCUT2D eigenvalue weighted by atomic mass is 9.94. The highest BCUT2D eigenvalue weighted by atomic mass is 19.1. The Bertz CT molecular complexity index is 650. The van der Waals surface area contributed by atoms with Crippen LogP contribution in [0.15, 0.2) is 18.2 Å². The van der Waals surface area contributed by atoms with E-state index in [0.29, 0.717) is 19.4 Å². The van der Waals surface area contributed by atoms with Crippen molar-refractivity contribution < 1.29 is 14.3 Å². The zero-order chi connectivity index (χ0) is 13.6. The molecular formula is C14H15FN2O2. The lowest BCUT2D eigenvalue weighted by Gasteiger charge is -2.33. The van der Waals surface area contributed by atoms with Gasteiger partial charge in [0, 0.05) is 35.1 Å². The summed E-state index contributed by atoms with van der Waals surface area (Å²) in [4.78, 5) is 16.0. The number of nitrogens with zero attached hydrogens (tertiary/aromatic N) is 1. The van der Waals surface area contributed by atoms with Crippen LogP contribution in [0.3, 0.4) is 0 Å². The van der Waals surface area contributed by atoms with E-state index in [1.165, 1.54) is 17.0 Å². The van der Waals surface area contributed by atoms with E-state index in [1.807, 2.05) is 6.92 Å². The number of benzene rings is 1. The summed E-state index contributed by atoms with van der Waals surface area (Å²) in [5.41, 5.74) is 2.84. The van der Waals surface area contributed by atoms with Crippen LogP contribution in [0.4, 0.5) is 9.18 Å². The SMILES string of the molecule is CCC1c2c([nH]c3ccc(F)cc23)CCN1C(=O)O. The van der Waals surface area contributed by atoms with E-state index in [-0.39, 0.29) is 11.9 Å². The number of aromatic amines is 1. The van der Waals surface area contributed by atoms with Gasteiger partial charge in [0.05, 0.1) is 6.04 Å². The molecule has 0 aliphatic carbocycles. The molecule has 1 aromatic heterocycles. The molecule has 100 valence electrons. The van der Waals surface area contributed by atoms with Crippen molar-refractivity contribution in [3.05, 3.63) is 35.3 Å². The van der Waals surface area contributed by atoms with E-state index in [1.54, 1.807) is 6.07 Å². The fourth-order valence-corrected chi connectivity index (χ4v) is 3.02. The molecule has 0 saturated carbocycles. The molecule has 1 aliphatic heterocycles. The highest BCUT2D eigenvalue weighted by Gasteiger charge is 2.32. The predicted octanol–water partition coefficient (Wildman–Crippen LogP) is 3.29. The van der Waals surface area contributed by atoms with Gasteiger partial charge in [-0.3, -0.25) is 0 Å². The lowest BCUT2D eigenvalue weighted by molar-refractivity contribution is 0.119. The van der Waals surface area contributed by atoms with E-state index < -0.39 is 6.09 Å². The van der Waals surface area contributed by atoms with E-state index in [9.17, 15) is 14.3 Å². The molecule has 1 aliphatic rings. The highest BCUT2D eigenvalue weighted by Crippen LogP contribution is 2.37. The number of halogens is 1. The van der Waals surface area contributed by atoms with Gasteiger partial charge in [0.1, 0.15) is 5.82 Å². The van der Waals surface area contributed by atoms with Gasteiger partial charge in [0.15, 0.2) is 0 Å². The standard InChI is InChI=1S/C14H15FN2O2/c1-2-12-13-9-7-8(15)3-4-10(9)16-11(13)5-6-17(12)14(18)19/h3-4,7,12,16H,2,5-6H2,1H3,(H,18,19). The van der Waals surface area contributed by atoms with E-state index in [2.05, 4.69) is 4.98 Å². The van der Waals surface area contributed by atoms with Gasteiger partial charge in [-0.15, -0.1) is 0 Å². The molecule has 0 saturated heterocycles. The van der Waals surface area contributed by atoms with Crippen LogP contribution in [-0.4, -0.2) is 27.6 Å². The first kappa shape index (κ1) is 12.0. The fourth-order valence-electron chi connectivity index (χ4n) is 3.02. The van der Waals surface area contributed by atoms with Crippen molar-refractivity contribution in [3.63, 3.8) is 0 Å². The molecule has 3 rings (SSSR count). The zero-order valence-corrected chi connectivity index (χ0v) is 10.6. The number of carbonyl (C=O) groups is 1. The van der Waals surface area contributed by atoms with Crippen LogP contribution in [-0.2, 0) is 6.42 Å². The quantitative estimate of drug-likeness (QED) is 0.828. The largest absolute Gasteiger partial charge is 0.465 e. The Hall–Kier alpha value is -2.04. The summed E-state index contributed by atoms with van der Waals surface area (Å²) in [5, 5.41) is 10.1. The molecule has 1 aromatic carbocycles. The van der Waals surface area contributed by atoms with Crippen molar-refractivity contribution in [1.82, 2.24) is 9.88 Å². The number of H-pyrrole nitrogens is 1. The molecule has 2 aromatic rings. The van der Waals surface area contributed by atoms with Gasteiger partial charge >= 0.3 is 6.09 Å². The van der Waals surface area contributed by atoms with E-state index >= 15 is 0 Å². The molecular weight excluding hydrogens is 247 g/mol. The van der Waals surface area contributed by atoms with Crippen molar-refractivity contribution in [2.45, 2.75) is 25.8 Å². The first-order chi connectivity index (χ1) is 9.11. The maximum absolute atomic E-state index is 13.4. The predicted molar refractivity (Wildman–Crippen MR) is 69.7 cm³/mol. The Morgan fingerprint density at radius 1 is 1.58 bits per heavy atom. The first-order valence-electron chi connectivity index (χ1n) is 6.41. The molecule has 4 nitrogen and oxygen atoms in total. The summed E-state index contributed by atoms with van der Waals surface area (Å²) >= 11 is 0. The monoisotopic (exact) mass is 262 g/mol. The molecule has 1 unspecified atom stereocenters. The molecule has 0 spiro atoms. The average Bonchev–Trinajstić information content (AvgIpc) is 2.75. The molecule has 1 amide bonds. The van der Waals surface area contributed by atoms with Crippen LogP contribution in [0.2, 0.25) is 0 Å². The second kappa shape index (κ2) is 4.26. The minimum Gasteiger partial charge on any atom is -0.465 e. The minimum absolute atomic E-state index is 0.197. The summed E-state index contributed by atoms with van der Waals surface area (Å²) in [6.07, 6.45) is 0.417. The number of hydrogen-bond acceptors (Lipinski definition) is 1. The van der Waals surface area contributed by atoms with Crippen molar-refractivity contribution in [3.8, 4) is 0 Å². The Morgan fingerprint density at radius 3 is 3.05 bits per heavy atom. The van der Waals surface area contributed by atoms with Crippen LogP contribution in [0.1, 0.15) is 30.6 Å². The Labute approximate surface area is 109 Å². The summed E-state index contributed by atoms with van der Waals surface area (Å²) in [6.45, 7) is 2.43. The van der Waals surface area contributed by atoms with Gasteiger partial charge in [0.25, 0.3) is 0 Å². The number of aromatic nitrogens is 1. The Kier molecular flexibility index (Phi) is 2.69. The lowest BCUT2D eigenvalue weighted by Crippen LogP contribution is -2.38. The van der Waals surface area contributed by atoms with Gasteiger partial charge in [0.2, 0.25) is 0 Å². The smallest absolute Gasteiger partial charge is 0.407 e. The van der Waals surface area contributed by atoms with Crippen molar-refractivity contribution in [2.75, 3.05) is 6.54 Å². The number of carboxylic acid groups (broad SMARTS) is 1. The molecule has 19 heavy (non-hydrogen) atoms. The average molecular weight is 262 g/mol. The molecule has 5 heteroatoms. The van der Waals surface area contributed by atoms with E-state index in [0.717, 1.165) is 22.2 Å². The molecule has 2 N–H and O–H groups in total. The number of amides is 1. The fraction of sp³-hybridized carbons (Fsp3) is 0.357. The van der Waals surface area contributed by atoms with Crippen molar-refractivity contribution in [2.24, 2.45) is 0 Å². The minimum atomic E-state index is -0.914. The highest BCUT2D eigenvalue weighted by molar-refractivity contribution is 5.86. The molecule has 0 radical (unpaired) electrons. The number of rotatable bonds is 1. The molecule has 2 heterocycles. The number of hydrogen-bond donors (Lipinski definition) is 2. The molecule has 1 atom stereocenters. The third-order valence-corrected chi connectivity index (χ3v) is 3.83. The van der Waals surface area contributed by atoms with Crippen LogP contribution in [0.25, 0.3) is 10.9 Å². The summed E-state index contributed by atoms with van der Waals surface area (Å²) < 4.78 is 13.4. The third-order valence-electron chi connectivity index (χ3n) is 3.83. The van der Waals surface area contributed by atoms with Crippen LogP contribution >= 0.6 is 0 Å². The van der Waals surface area contributed by atoms with E-state index in [4.69, 9.17) is 0 Å². The Balaban J connectivity index is 2.21. The summed E-state index contributed by atoms with van der Waals surface area (Å²) in [5.74, 6) is -0.295. The maximum atomic E-state index is 13.4. The van der Waals surface area contributed by atoms with Gasteiger partial charge in [-0.05, 0) is 24.6 Å². The van der Waals surface area contributed by atoms with Crippen LogP contribution < -0.4 is 0 Å². The normalized spacial score (nSPS) is 18.6. The van der Waals surface area contributed by atoms with Gasteiger partial charge < -0.3 is 15.0 Å². The first-order valence-corrected chi connectivity index (χ1v) is 6.41. The number of nitrogens with one attached hydrogen (secondary N) is 1. The molecule has 0 bridgehead atoms. The number of fused-ring (bicyclic) bond motifs is 3. The van der Waals surface area contributed by atoms with Crippen LogP contribution in [0.5, 0.6) is 0 Å². The van der Waals surface area contributed by atoms with Gasteiger partial charge in [-0.2, -0.15) is 0 Å². The second-order valence-corrected chi connectivity index (χ2v) is 4.86. The van der Waals surface area contributed by atoms with Crippen molar-refractivity contribution >= 4 is 17.0 Å². The van der Waals surface area contributed by atoms with Crippen molar-refractivity contribution in [1.29, 1.82) is 0 Å². The van der Waals surface area contributed by atoms with Crippen LogP contribution in [0, 0.1) is 5.82 Å². The zero-order valence-electron chi connectivity index (χ0n) is 10.6. The second-order valence-electron chi connectivity index (χ2n) is 4.86. The summed E-state index contributed by atoms with van der Waals surface area (Å²) in [7, 11) is 0. The maximum Gasteiger partial charge on any atom is 0.407 e. The van der Waals surface area contributed by atoms with Gasteiger partial charge in [-0.1, -0.05) is 6.92 Å².